The van der Waals surface area contributed by atoms with Crippen molar-refractivity contribution in [3.8, 4) is 11.8 Å². The maximum Gasteiger partial charge on any atom is 0.0238 e. The zero-order valence-corrected chi connectivity index (χ0v) is 11.5. The minimum Gasteiger partial charge on any atom is -0.199 e. The second kappa shape index (κ2) is 7.03. The monoisotopic (exact) mass is 253 g/mol. The van der Waals surface area contributed by atoms with Crippen molar-refractivity contribution >= 4 is 11.8 Å². The number of hydrogen-bond donors (Lipinski definition) is 0. The topological polar surface area (TPSA) is 0 Å². The van der Waals surface area contributed by atoms with Crippen LogP contribution in [0.4, 0.5) is 0 Å². The summed E-state index contributed by atoms with van der Waals surface area (Å²) in [4.78, 5) is 1.34. The molecule has 0 unspecified atom stereocenters. The summed E-state index contributed by atoms with van der Waals surface area (Å²) >= 11 is 1.92. The number of thioether (sulfide) groups is 1. The van der Waals surface area contributed by atoms with Crippen LogP contribution in [-0.4, -0.2) is 5.75 Å². The van der Waals surface area contributed by atoms with Gasteiger partial charge in [0.05, 0.1) is 0 Å². The molecule has 18 heavy (non-hydrogen) atoms. The fraction of sp³-hybridized carbons (Fsp3) is 0.235. The van der Waals surface area contributed by atoms with Gasteiger partial charge >= 0.3 is 0 Å². The first-order valence-electron chi connectivity index (χ1n) is 6.35. The van der Waals surface area contributed by atoms with Crippen LogP contribution in [0, 0.1) is 11.8 Å². The molecule has 0 N–H and O–H groups in total. The van der Waals surface area contributed by atoms with Crippen LogP contribution in [0.1, 0.15) is 30.9 Å². The maximum atomic E-state index is 3.18. The van der Waals surface area contributed by atoms with Gasteiger partial charge in [-0.2, -0.15) is 24.3 Å². The molecule has 0 nitrogen and oxygen atoms in total. The number of benzene rings is 1. The van der Waals surface area contributed by atoms with Crippen LogP contribution in [0.15, 0.2) is 53.4 Å². The molecule has 0 aliphatic rings. The Balaban J connectivity index is 1.95. The van der Waals surface area contributed by atoms with Crippen molar-refractivity contribution < 1.29 is 0 Å². The average Bonchev–Trinajstić information content (AvgIpc) is 2.91. The van der Waals surface area contributed by atoms with Crippen LogP contribution in [0.2, 0.25) is 0 Å². The quantitative estimate of drug-likeness (QED) is 0.329. The SMILES string of the molecule is CCCCSc1ccc(C#Cc2cc[cH-]c2)cc1. The Kier molecular flexibility index (Phi) is 5.05. The summed E-state index contributed by atoms with van der Waals surface area (Å²) in [6, 6.07) is 16.6. The summed E-state index contributed by atoms with van der Waals surface area (Å²) in [5.41, 5.74) is 2.16. The van der Waals surface area contributed by atoms with Crippen molar-refractivity contribution in [3.63, 3.8) is 0 Å². The van der Waals surface area contributed by atoms with E-state index in [4.69, 9.17) is 0 Å². The molecule has 2 aromatic rings. The van der Waals surface area contributed by atoms with Gasteiger partial charge in [-0.3, -0.25) is 0 Å². The predicted molar refractivity (Wildman–Crippen MR) is 80.1 cm³/mol. The van der Waals surface area contributed by atoms with Crippen LogP contribution >= 0.6 is 11.8 Å². The molecule has 2 aromatic carbocycles. The van der Waals surface area contributed by atoms with Crippen molar-refractivity contribution in [3.05, 3.63) is 59.7 Å². The first-order valence-corrected chi connectivity index (χ1v) is 7.33. The van der Waals surface area contributed by atoms with Crippen molar-refractivity contribution in [1.29, 1.82) is 0 Å². The molecule has 0 aliphatic heterocycles. The number of hydrogen-bond acceptors (Lipinski definition) is 1. The molecule has 0 saturated heterocycles. The third-order valence-electron chi connectivity index (χ3n) is 2.63. The Morgan fingerprint density at radius 1 is 1.06 bits per heavy atom. The van der Waals surface area contributed by atoms with Crippen molar-refractivity contribution in [2.75, 3.05) is 5.75 Å². The Morgan fingerprint density at radius 2 is 1.83 bits per heavy atom. The number of rotatable bonds is 4. The van der Waals surface area contributed by atoms with E-state index in [2.05, 4.69) is 43.0 Å². The molecule has 0 atom stereocenters. The van der Waals surface area contributed by atoms with E-state index in [0.717, 1.165) is 11.1 Å². The largest absolute Gasteiger partial charge is 0.199 e. The molecule has 0 amide bonds. The molecule has 0 fully saturated rings. The van der Waals surface area contributed by atoms with Gasteiger partial charge in [-0.05, 0) is 36.4 Å². The standard InChI is InChI=1S/C17H17S/c1-2-3-14-18-17-12-10-16(11-13-17)9-8-15-6-4-5-7-15/h4-7,10-13H,2-3,14H2,1H3/q-1. The van der Waals surface area contributed by atoms with E-state index in [1.54, 1.807) is 0 Å². The van der Waals surface area contributed by atoms with Gasteiger partial charge in [-0.15, -0.1) is 23.2 Å². The van der Waals surface area contributed by atoms with E-state index in [9.17, 15) is 0 Å². The zero-order valence-electron chi connectivity index (χ0n) is 10.6. The smallest absolute Gasteiger partial charge is 0.0238 e. The predicted octanol–water partition coefficient (Wildman–Crippen LogP) is 4.70. The van der Waals surface area contributed by atoms with Gasteiger partial charge in [-0.25, -0.2) is 0 Å². The zero-order chi connectivity index (χ0) is 12.6. The van der Waals surface area contributed by atoms with Gasteiger partial charge in [-0.1, -0.05) is 19.3 Å². The van der Waals surface area contributed by atoms with Crippen LogP contribution in [-0.2, 0) is 0 Å². The Hall–Kier alpha value is -1.52. The van der Waals surface area contributed by atoms with Gasteiger partial charge in [0, 0.05) is 10.5 Å². The summed E-state index contributed by atoms with van der Waals surface area (Å²) in [5, 5.41) is 0. The van der Waals surface area contributed by atoms with Gasteiger partial charge in [0.25, 0.3) is 0 Å². The molecule has 0 aromatic heterocycles. The maximum absolute atomic E-state index is 3.18. The van der Waals surface area contributed by atoms with Crippen molar-refractivity contribution in [2.45, 2.75) is 24.7 Å². The lowest BCUT2D eigenvalue weighted by Gasteiger charge is -2.00. The minimum atomic E-state index is 1.08. The Labute approximate surface area is 114 Å². The molecule has 0 radical (unpaired) electrons. The second-order valence-corrected chi connectivity index (χ2v) is 5.32. The lowest BCUT2D eigenvalue weighted by atomic mass is 10.2. The minimum absolute atomic E-state index is 1.08. The molecule has 0 spiro atoms. The van der Waals surface area contributed by atoms with Crippen molar-refractivity contribution in [2.24, 2.45) is 0 Å². The van der Waals surface area contributed by atoms with E-state index in [-0.39, 0.29) is 0 Å². The summed E-state index contributed by atoms with van der Waals surface area (Å²) in [5.74, 6) is 7.54. The summed E-state index contributed by atoms with van der Waals surface area (Å²) in [6.07, 6.45) is 2.54. The number of unbranched alkanes of at least 4 members (excludes halogenated alkanes) is 1. The molecule has 0 aliphatic carbocycles. The molecule has 2 rings (SSSR count). The summed E-state index contributed by atoms with van der Waals surface area (Å²) in [6.45, 7) is 2.23. The molecule has 92 valence electrons. The molecule has 0 heterocycles. The van der Waals surface area contributed by atoms with Crippen LogP contribution < -0.4 is 0 Å². The molecule has 0 saturated carbocycles. The van der Waals surface area contributed by atoms with Crippen LogP contribution in [0.25, 0.3) is 0 Å². The van der Waals surface area contributed by atoms with Gasteiger partial charge in [0.1, 0.15) is 0 Å². The lowest BCUT2D eigenvalue weighted by molar-refractivity contribution is 0.896. The Bertz CT molecular complexity index is 509. The van der Waals surface area contributed by atoms with Crippen molar-refractivity contribution in [1.82, 2.24) is 0 Å². The van der Waals surface area contributed by atoms with Crippen LogP contribution in [0.3, 0.4) is 0 Å². The van der Waals surface area contributed by atoms with E-state index in [1.165, 1.54) is 23.5 Å². The highest BCUT2D eigenvalue weighted by molar-refractivity contribution is 7.99. The first-order chi connectivity index (χ1) is 8.88. The van der Waals surface area contributed by atoms with Gasteiger partial charge in [0.15, 0.2) is 0 Å². The molecule has 0 bridgehead atoms. The van der Waals surface area contributed by atoms with E-state index in [0.29, 0.717) is 0 Å². The highest BCUT2D eigenvalue weighted by Crippen LogP contribution is 2.19. The fourth-order valence-corrected chi connectivity index (χ4v) is 2.57. The van der Waals surface area contributed by atoms with E-state index in [1.807, 2.05) is 36.0 Å². The highest BCUT2D eigenvalue weighted by atomic mass is 32.2. The normalized spacial score (nSPS) is 9.83. The first kappa shape index (κ1) is 12.9. The van der Waals surface area contributed by atoms with E-state index < -0.39 is 0 Å². The molecular weight excluding hydrogens is 236 g/mol. The van der Waals surface area contributed by atoms with E-state index >= 15 is 0 Å². The third-order valence-corrected chi connectivity index (χ3v) is 3.73. The van der Waals surface area contributed by atoms with Crippen LogP contribution in [0.5, 0.6) is 0 Å². The summed E-state index contributed by atoms with van der Waals surface area (Å²) in [7, 11) is 0. The lowest BCUT2D eigenvalue weighted by Crippen LogP contribution is -1.79. The average molecular weight is 253 g/mol. The van der Waals surface area contributed by atoms with Gasteiger partial charge < -0.3 is 0 Å². The molecule has 1 heteroatoms. The molecular formula is C17H17S-. The second-order valence-electron chi connectivity index (χ2n) is 4.15. The Morgan fingerprint density at radius 3 is 2.50 bits per heavy atom. The third kappa shape index (κ3) is 4.05. The fourth-order valence-electron chi connectivity index (χ4n) is 1.57. The van der Waals surface area contributed by atoms with Gasteiger partial charge in [0.2, 0.25) is 0 Å². The summed E-state index contributed by atoms with van der Waals surface area (Å²) < 4.78 is 0. The highest BCUT2D eigenvalue weighted by Gasteiger charge is 1.93.